The Bertz CT molecular complexity index is 4550. The number of hydrogen-bond acceptors (Lipinski definition) is 18. The van der Waals surface area contributed by atoms with Crippen LogP contribution in [-0.2, 0) is 85.8 Å². The fourth-order valence-corrected chi connectivity index (χ4v) is 33.3. The minimum atomic E-state index is -0.424. The Kier molecular flexibility index (Phi) is 15.4. The number of rotatable bonds is 2. The molecule has 18 fully saturated rings. The van der Waals surface area contributed by atoms with Crippen LogP contribution in [-0.4, -0.2) is 119 Å². The summed E-state index contributed by atoms with van der Waals surface area (Å²) in [5, 5.41) is 0. The summed E-state index contributed by atoms with van der Waals surface area (Å²) in [7, 11) is 2.90. The summed E-state index contributed by atoms with van der Waals surface area (Å²) >= 11 is 0. The number of methoxy groups -OCH3 is 2. The number of fused-ring (bicyclic) bond motifs is 26. The van der Waals surface area contributed by atoms with Crippen molar-refractivity contribution in [3.8, 4) is 0 Å². The maximum atomic E-state index is 13.0. The minimum absolute atomic E-state index is 0.00124. The fourth-order valence-electron chi connectivity index (χ4n) is 33.3. The summed E-state index contributed by atoms with van der Waals surface area (Å²) in [6, 6.07) is 0. The Labute approximate surface area is 658 Å². The molecule has 0 aromatic rings. The van der Waals surface area contributed by atoms with Crippen LogP contribution in [0, 0.1) is 126 Å². The molecule has 12 saturated carbocycles. The molecule has 18 heteroatoms. The molecule has 26 unspecified atom stereocenters. The predicted molar refractivity (Wildman–Crippen MR) is 405 cm³/mol. The molecule has 0 N–H and O–H groups in total. The van der Waals surface area contributed by atoms with Crippen molar-refractivity contribution in [1.82, 2.24) is 0 Å². The summed E-state index contributed by atoms with van der Waals surface area (Å²) in [5.74, 6) is 5.57. The van der Waals surface area contributed by atoms with Crippen LogP contribution >= 0.6 is 0 Å². The summed E-state index contributed by atoms with van der Waals surface area (Å²) in [6.07, 6.45) is 39.8. The zero-order valence-corrected chi connectivity index (χ0v) is 67.7. The standard InChI is InChI=1S/C24H30O6.C24H30O5.C23H28O4.C23H28O3/c1-21-7-4-14(25)10-13(21)11-15(20(27)28-3)19-16-5-8-23(9-6-18(26)30-23)22(16,2)12-17-24(19,21)29-17;1-22-8-4-15(25)12-14(22)13-16(21(27)28-3)20-17(22)5-9-23(2)18(20)6-10-24(23)11-7-19(26)29-24;1-20-6-3-12(24)9-16(20)13-10-14(13)19-15-4-7-22(8-5-18(25)27-22)21(15,2)11-17-23(19,20)26-17;1-21-7-3-13(24)11-18(21)14-12-15(14)20-16(21)4-8-22(2)17(20)5-9-23(22)10-6-19(25)26-23/h10,15-17,19H,4-9,11-12H2,1-3H3;5,12,16,18,20H,4,6-11,13H2,1-3H3;9,13-15,17,19H,3-8,10-11H2,1-2H3;4,11,14-15,17,20H,3,5-10,12H2,1-2H3/t15?,16?,17?,19?,21?,22?,23-,24?;16?,18?,20?,22?,23?,24-;13?,14?,15?,17?,19?,20?,21?,22-,23?;14?,15?,17?,20?,21?,22?,23-/m1111/s1. The van der Waals surface area contributed by atoms with Gasteiger partial charge in [-0.1, -0.05) is 101 Å². The molecule has 6 heterocycles. The van der Waals surface area contributed by atoms with Crippen molar-refractivity contribution in [3.63, 3.8) is 0 Å². The zero-order valence-electron chi connectivity index (χ0n) is 67.7. The number of ether oxygens (including phenoxy) is 8. The molecule has 18 aliphatic carbocycles. The van der Waals surface area contributed by atoms with E-state index in [9.17, 15) is 47.9 Å². The van der Waals surface area contributed by atoms with Gasteiger partial charge in [-0.25, -0.2) is 0 Å². The van der Waals surface area contributed by atoms with Gasteiger partial charge in [0, 0.05) is 101 Å². The largest absolute Gasteiger partial charge is 0.469 e. The van der Waals surface area contributed by atoms with E-state index in [1.165, 1.54) is 56.6 Å². The summed E-state index contributed by atoms with van der Waals surface area (Å²) in [4.78, 5) is 123. The van der Waals surface area contributed by atoms with Gasteiger partial charge >= 0.3 is 35.8 Å². The van der Waals surface area contributed by atoms with Crippen molar-refractivity contribution in [2.24, 2.45) is 126 Å². The maximum absolute atomic E-state index is 13.0. The first-order valence-corrected chi connectivity index (χ1v) is 43.9. The zero-order chi connectivity index (χ0) is 78.0. The van der Waals surface area contributed by atoms with E-state index < -0.39 is 16.8 Å². The van der Waals surface area contributed by atoms with Crippen LogP contribution in [0.1, 0.15) is 261 Å². The normalized spacial score (nSPS) is 53.6. The fraction of sp³-hybridized carbons (Fsp3) is 0.766. The van der Waals surface area contributed by atoms with E-state index in [-0.39, 0.29) is 155 Å². The number of hydrogen-bond donors (Lipinski definition) is 0. The molecular formula is C94H116O18. The van der Waals surface area contributed by atoms with E-state index in [1.807, 2.05) is 12.2 Å². The average Bonchev–Trinajstić information content (AvgIpc) is 1.46. The van der Waals surface area contributed by atoms with Crippen molar-refractivity contribution in [3.05, 3.63) is 69.9 Å². The topological polar surface area (TPSA) is 251 Å². The molecule has 0 aromatic heterocycles. The molecule has 30 atom stereocenters. The molecule has 600 valence electrons. The number of ketones is 4. The molecule has 0 aromatic carbocycles. The van der Waals surface area contributed by atoms with Crippen molar-refractivity contribution in [2.75, 3.05) is 14.2 Å². The highest BCUT2D eigenvalue weighted by Crippen LogP contribution is 2.84. The third kappa shape index (κ3) is 9.08. The molecule has 18 nitrogen and oxygen atoms in total. The molecule has 6 saturated heterocycles. The highest BCUT2D eigenvalue weighted by molar-refractivity contribution is 5.94. The van der Waals surface area contributed by atoms with E-state index in [2.05, 4.69) is 67.5 Å². The van der Waals surface area contributed by atoms with Gasteiger partial charge in [0.15, 0.2) is 23.1 Å². The van der Waals surface area contributed by atoms with Crippen LogP contribution < -0.4 is 0 Å². The van der Waals surface area contributed by atoms with E-state index in [0.29, 0.717) is 117 Å². The second kappa shape index (κ2) is 23.4. The number of allylic oxidation sites excluding steroid dienone is 8. The SMILES string of the molecule is CC12CCC(=O)C=C1C1CC1C1C2=CCC2(C)C1CC[C@@]21CCC(=O)O1.CC12CCC(=O)C=C1C1CC1C1C3CC[C@@]4(CCC(=O)O4)C3(C)CC3OC312.COC(=O)C1CC2=CC(=O)CCC2(C)C23OC2CC2(C)C(CC[C@@]24CCC(=O)O4)C13.COC(=O)C1CC2=CC(=O)CCC2(C)C2=CCC3(C)C(CC[C@@]34CCC(=O)O4)C21. The monoisotopic (exact) mass is 1530 g/mol. The van der Waals surface area contributed by atoms with Gasteiger partial charge in [0.25, 0.3) is 0 Å². The Hall–Kier alpha value is -6.14. The Morgan fingerprint density at radius 1 is 0.384 bits per heavy atom. The van der Waals surface area contributed by atoms with Gasteiger partial charge in [0.05, 0.1) is 38.3 Å². The van der Waals surface area contributed by atoms with Gasteiger partial charge < -0.3 is 37.9 Å². The lowest BCUT2D eigenvalue weighted by Gasteiger charge is -2.58. The summed E-state index contributed by atoms with van der Waals surface area (Å²) in [5.41, 5.74) is 5.87. The number of epoxide rings is 2. The van der Waals surface area contributed by atoms with E-state index in [1.54, 1.807) is 17.7 Å². The molecule has 112 heavy (non-hydrogen) atoms. The molecule has 24 rings (SSSR count). The van der Waals surface area contributed by atoms with E-state index in [0.717, 1.165) is 133 Å². The molecule has 6 aliphatic heterocycles. The summed E-state index contributed by atoms with van der Waals surface area (Å²) < 4.78 is 48.0. The first-order chi connectivity index (χ1) is 53.2. The molecule has 0 bridgehead atoms. The van der Waals surface area contributed by atoms with Crippen LogP contribution in [0.5, 0.6) is 0 Å². The van der Waals surface area contributed by atoms with E-state index in [4.69, 9.17) is 37.9 Å². The molecule has 0 radical (unpaired) electrons. The third-order valence-corrected chi connectivity index (χ3v) is 39.3. The average molecular weight is 1530 g/mol. The quantitative estimate of drug-likeness (QED) is 0.108. The van der Waals surface area contributed by atoms with Crippen molar-refractivity contribution < 1.29 is 85.8 Å². The number of carbonyl (C=O) groups is 10. The molecule has 24 aliphatic rings. The van der Waals surface area contributed by atoms with Crippen LogP contribution in [0.3, 0.4) is 0 Å². The second-order valence-electron chi connectivity index (χ2n) is 42.6. The van der Waals surface area contributed by atoms with Gasteiger partial charge in [-0.15, -0.1) is 0 Å². The Morgan fingerprint density at radius 3 is 1.30 bits per heavy atom. The Balaban J connectivity index is 0.0000000944. The van der Waals surface area contributed by atoms with E-state index >= 15 is 0 Å². The number of carbonyl (C=O) groups excluding carboxylic acids is 10. The van der Waals surface area contributed by atoms with Crippen LogP contribution in [0.4, 0.5) is 0 Å². The van der Waals surface area contributed by atoms with Crippen LogP contribution in [0.25, 0.3) is 0 Å². The molecular weight excluding hydrogens is 1420 g/mol. The third-order valence-electron chi connectivity index (χ3n) is 39.3. The minimum Gasteiger partial charge on any atom is -0.469 e. The lowest BCUT2D eigenvalue weighted by Crippen LogP contribution is -2.63. The van der Waals surface area contributed by atoms with Gasteiger partial charge in [-0.2, -0.15) is 0 Å². The molecule has 6 spiro atoms. The smallest absolute Gasteiger partial charge is 0.309 e. The lowest BCUT2D eigenvalue weighted by molar-refractivity contribution is -0.172. The first kappa shape index (κ1) is 73.5. The first-order valence-electron chi connectivity index (χ1n) is 43.9. The van der Waals surface area contributed by atoms with Crippen molar-refractivity contribution in [1.29, 1.82) is 0 Å². The van der Waals surface area contributed by atoms with Crippen molar-refractivity contribution >= 4 is 58.9 Å². The highest BCUT2D eigenvalue weighted by Gasteiger charge is 2.87. The predicted octanol–water partition coefficient (Wildman–Crippen LogP) is 15.0. The van der Waals surface area contributed by atoms with Gasteiger partial charge in [-0.05, 0) is 244 Å². The van der Waals surface area contributed by atoms with Gasteiger partial charge in [0.2, 0.25) is 0 Å². The Morgan fingerprint density at radius 2 is 0.786 bits per heavy atom. The molecule has 0 amide bonds. The maximum Gasteiger partial charge on any atom is 0.309 e. The lowest BCUT2D eigenvalue weighted by atomic mass is 9.43. The van der Waals surface area contributed by atoms with Gasteiger partial charge in [0.1, 0.15) is 33.6 Å². The van der Waals surface area contributed by atoms with Crippen LogP contribution in [0.2, 0.25) is 0 Å². The number of esters is 6. The van der Waals surface area contributed by atoms with Gasteiger partial charge in [-0.3, -0.25) is 47.9 Å². The summed E-state index contributed by atoms with van der Waals surface area (Å²) in [6.45, 7) is 18.6. The second-order valence-corrected chi connectivity index (χ2v) is 42.6. The van der Waals surface area contributed by atoms with Crippen LogP contribution in [0.15, 0.2) is 69.9 Å². The van der Waals surface area contributed by atoms with Crippen molar-refractivity contribution in [2.45, 2.75) is 307 Å². The highest BCUT2D eigenvalue weighted by atomic mass is 16.6.